The highest BCUT2D eigenvalue weighted by atomic mass is 16.5. The van der Waals surface area contributed by atoms with Crippen molar-refractivity contribution in [3.05, 3.63) is 89.5 Å². The fourth-order valence-electron chi connectivity index (χ4n) is 3.74. The molecule has 0 bridgehead atoms. The second-order valence-corrected chi connectivity index (χ2v) is 9.94. The summed E-state index contributed by atoms with van der Waals surface area (Å²) >= 11 is 0. The lowest BCUT2D eigenvalue weighted by Crippen LogP contribution is -2.14. The second-order valence-electron chi connectivity index (χ2n) is 9.94. The minimum Gasteiger partial charge on any atom is -0.460 e. The number of anilines is 1. The van der Waals surface area contributed by atoms with Gasteiger partial charge in [0.2, 0.25) is 0 Å². The van der Waals surface area contributed by atoms with E-state index in [9.17, 15) is 4.79 Å². The smallest absolute Gasteiger partial charge is 0.336 e. The molecule has 3 aromatic carbocycles. The molecule has 1 heterocycles. The maximum atomic E-state index is 12.8. The van der Waals surface area contributed by atoms with Crippen LogP contribution >= 0.6 is 0 Å². The van der Waals surface area contributed by atoms with Gasteiger partial charge in [-0.05, 0) is 73.7 Å². The Morgan fingerprint density at radius 1 is 0.943 bits per heavy atom. The Labute approximate surface area is 207 Å². The highest BCUT2D eigenvalue weighted by Gasteiger charge is 2.18. The largest absolute Gasteiger partial charge is 0.460 e. The van der Waals surface area contributed by atoms with Gasteiger partial charge in [0.25, 0.3) is 5.91 Å². The predicted octanol–water partition coefficient (Wildman–Crippen LogP) is 6.58. The van der Waals surface area contributed by atoms with Crippen LogP contribution in [0.1, 0.15) is 56.1 Å². The molecular formula is C29H32N4O2. The first-order chi connectivity index (χ1) is 16.6. The van der Waals surface area contributed by atoms with Gasteiger partial charge in [-0.15, -0.1) is 5.10 Å². The Hall–Kier alpha value is -3.93. The maximum absolute atomic E-state index is 12.8. The molecule has 180 valence electrons. The summed E-state index contributed by atoms with van der Waals surface area (Å²) in [6.07, 6.45) is -0.0365. The summed E-state index contributed by atoms with van der Waals surface area (Å²) in [5.41, 5.74) is 5.46. The van der Waals surface area contributed by atoms with Crippen molar-refractivity contribution in [3.8, 4) is 23.1 Å². The molecule has 0 aliphatic rings. The lowest BCUT2D eigenvalue weighted by atomic mass is 9.87. The molecule has 0 unspecified atom stereocenters. The summed E-state index contributed by atoms with van der Waals surface area (Å²) in [4.78, 5) is 17.4. The molecule has 4 rings (SSSR count). The van der Waals surface area contributed by atoms with Crippen molar-refractivity contribution in [2.24, 2.45) is 0 Å². The topological polar surface area (TPSA) is 69.0 Å². The van der Waals surface area contributed by atoms with Crippen LogP contribution < -0.4 is 10.1 Å². The number of benzene rings is 3. The van der Waals surface area contributed by atoms with Crippen LogP contribution in [0.2, 0.25) is 0 Å². The third-order valence-electron chi connectivity index (χ3n) is 5.70. The maximum Gasteiger partial charge on any atom is 0.336 e. The lowest BCUT2D eigenvalue weighted by molar-refractivity contribution is 0.102. The summed E-state index contributed by atoms with van der Waals surface area (Å²) in [6.45, 7) is 12.4. The Kier molecular flexibility index (Phi) is 6.74. The van der Waals surface area contributed by atoms with E-state index in [0.29, 0.717) is 23.1 Å². The number of rotatable bonds is 6. The molecule has 0 saturated heterocycles. The van der Waals surface area contributed by atoms with E-state index < -0.39 is 0 Å². The minimum atomic E-state index is -0.146. The lowest BCUT2D eigenvalue weighted by Gasteiger charge is -2.19. The van der Waals surface area contributed by atoms with Crippen molar-refractivity contribution in [1.29, 1.82) is 0 Å². The highest BCUT2D eigenvalue weighted by Crippen LogP contribution is 2.27. The van der Waals surface area contributed by atoms with E-state index in [1.807, 2.05) is 93.6 Å². The summed E-state index contributed by atoms with van der Waals surface area (Å²) in [5.74, 6) is 0.557. The molecule has 1 amide bonds. The van der Waals surface area contributed by atoms with Gasteiger partial charge in [0, 0.05) is 16.8 Å². The van der Waals surface area contributed by atoms with Crippen molar-refractivity contribution >= 4 is 11.6 Å². The van der Waals surface area contributed by atoms with Crippen molar-refractivity contribution in [2.45, 2.75) is 53.1 Å². The first kappa shape index (κ1) is 24.2. The van der Waals surface area contributed by atoms with Gasteiger partial charge in [-0.25, -0.2) is 4.68 Å². The number of carbonyl (C=O) groups is 1. The average molecular weight is 469 g/mol. The van der Waals surface area contributed by atoms with E-state index in [4.69, 9.17) is 4.74 Å². The molecule has 1 aromatic heterocycles. The minimum absolute atomic E-state index is 0.0365. The number of hydrogen-bond acceptors (Lipinski definition) is 4. The summed E-state index contributed by atoms with van der Waals surface area (Å²) in [7, 11) is 0. The van der Waals surface area contributed by atoms with Crippen LogP contribution in [0.5, 0.6) is 6.01 Å². The molecule has 0 atom stereocenters. The first-order valence-electron chi connectivity index (χ1n) is 11.8. The van der Waals surface area contributed by atoms with Crippen molar-refractivity contribution in [1.82, 2.24) is 14.8 Å². The van der Waals surface area contributed by atoms with Crippen LogP contribution in [0, 0.1) is 6.92 Å². The fourth-order valence-corrected chi connectivity index (χ4v) is 3.74. The zero-order valence-corrected chi connectivity index (χ0v) is 21.2. The van der Waals surface area contributed by atoms with E-state index in [-0.39, 0.29) is 17.4 Å². The zero-order valence-electron chi connectivity index (χ0n) is 21.2. The van der Waals surface area contributed by atoms with Crippen LogP contribution in [0.4, 0.5) is 5.69 Å². The average Bonchev–Trinajstić information content (AvgIpc) is 3.22. The number of carbonyl (C=O) groups excluding carboxylic acids is 1. The number of ether oxygens (including phenoxy) is 1. The Morgan fingerprint density at radius 2 is 1.60 bits per heavy atom. The standard InChI is InChI=1S/C29H32N4O2/c1-19(2)35-28-31-26(25-10-8-7-9-20(25)3)33(32-28)24-17-15-23(16-18-24)30-27(34)21-11-13-22(14-12-21)29(4,5)6/h7-19H,1-6H3,(H,30,34). The van der Waals surface area contributed by atoms with Crippen molar-refractivity contribution in [2.75, 3.05) is 5.32 Å². The van der Waals surface area contributed by atoms with E-state index in [2.05, 4.69) is 36.2 Å². The quantitative estimate of drug-likeness (QED) is 0.347. The molecule has 0 spiro atoms. The predicted molar refractivity (Wildman–Crippen MR) is 140 cm³/mol. The molecule has 0 radical (unpaired) electrons. The van der Waals surface area contributed by atoms with Gasteiger partial charge in [-0.1, -0.05) is 57.2 Å². The van der Waals surface area contributed by atoms with Crippen LogP contribution in [0.25, 0.3) is 17.1 Å². The van der Waals surface area contributed by atoms with Gasteiger partial charge in [0.05, 0.1) is 11.8 Å². The molecule has 1 N–H and O–H groups in total. The number of nitrogens with zero attached hydrogens (tertiary/aromatic N) is 3. The van der Waals surface area contributed by atoms with Crippen LogP contribution in [-0.2, 0) is 5.41 Å². The highest BCUT2D eigenvalue weighted by molar-refractivity contribution is 6.04. The number of aromatic nitrogens is 3. The monoisotopic (exact) mass is 468 g/mol. The van der Waals surface area contributed by atoms with Crippen molar-refractivity contribution < 1.29 is 9.53 Å². The van der Waals surface area contributed by atoms with Gasteiger partial charge < -0.3 is 10.1 Å². The SMILES string of the molecule is Cc1ccccc1-c1nc(OC(C)C)nn1-c1ccc(NC(=O)c2ccc(C(C)(C)C)cc2)cc1. The molecule has 0 saturated carbocycles. The van der Waals surface area contributed by atoms with Crippen LogP contribution in [0.15, 0.2) is 72.8 Å². The third-order valence-corrected chi connectivity index (χ3v) is 5.70. The summed E-state index contributed by atoms with van der Waals surface area (Å²) in [5, 5.41) is 7.57. The molecule has 35 heavy (non-hydrogen) atoms. The van der Waals surface area contributed by atoms with Crippen LogP contribution in [-0.4, -0.2) is 26.8 Å². The molecule has 0 aliphatic carbocycles. The number of hydrogen-bond donors (Lipinski definition) is 1. The van der Waals surface area contributed by atoms with E-state index in [0.717, 1.165) is 16.8 Å². The molecule has 6 heteroatoms. The second kappa shape index (κ2) is 9.74. The fraction of sp³-hybridized carbons (Fsp3) is 0.276. The normalized spacial score (nSPS) is 11.5. The molecule has 0 fully saturated rings. The summed E-state index contributed by atoms with van der Waals surface area (Å²) < 4.78 is 7.55. The van der Waals surface area contributed by atoms with E-state index in [1.54, 1.807) is 4.68 Å². The molecule has 4 aromatic rings. The summed E-state index contributed by atoms with van der Waals surface area (Å²) in [6, 6.07) is 23.7. The van der Waals surface area contributed by atoms with E-state index in [1.165, 1.54) is 5.56 Å². The van der Waals surface area contributed by atoms with Gasteiger partial charge in [0.15, 0.2) is 5.82 Å². The van der Waals surface area contributed by atoms with E-state index >= 15 is 0 Å². The molecular weight excluding hydrogens is 436 g/mol. The van der Waals surface area contributed by atoms with Gasteiger partial charge >= 0.3 is 6.01 Å². The van der Waals surface area contributed by atoms with Crippen molar-refractivity contribution in [3.63, 3.8) is 0 Å². The van der Waals surface area contributed by atoms with Gasteiger partial charge in [-0.2, -0.15) is 4.98 Å². The molecule has 0 aliphatic heterocycles. The van der Waals surface area contributed by atoms with Crippen LogP contribution in [0.3, 0.4) is 0 Å². The van der Waals surface area contributed by atoms with Gasteiger partial charge in [0.1, 0.15) is 0 Å². The third kappa shape index (κ3) is 5.60. The Bertz CT molecular complexity index is 1310. The first-order valence-corrected chi connectivity index (χ1v) is 11.8. The zero-order chi connectivity index (χ0) is 25.2. The number of nitrogens with one attached hydrogen (secondary N) is 1. The van der Waals surface area contributed by atoms with Gasteiger partial charge in [-0.3, -0.25) is 4.79 Å². The number of aryl methyl sites for hydroxylation is 1. The molecule has 6 nitrogen and oxygen atoms in total. The number of amides is 1. The Balaban J connectivity index is 1.58. The Morgan fingerprint density at radius 3 is 2.20 bits per heavy atom.